The first kappa shape index (κ1) is 15.9. The van der Waals surface area contributed by atoms with Gasteiger partial charge in [0.1, 0.15) is 10.6 Å². The van der Waals surface area contributed by atoms with Crippen molar-refractivity contribution in [1.82, 2.24) is 9.78 Å². The highest BCUT2D eigenvalue weighted by atomic mass is 35.5. The molecule has 1 heterocycles. The van der Waals surface area contributed by atoms with Crippen molar-refractivity contribution in [3.05, 3.63) is 71.0 Å². The minimum absolute atomic E-state index is 0.0626. The van der Waals surface area contributed by atoms with Crippen molar-refractivity contribution >= 4 is 33.3 Å². The summed E-state index contributed by atoms with van der Waals surface area (Å²) in [4.78, 5) is -0.0626. The first-order valence-corrected chi connectivity index (χ1v) is 8.62. The number of hydrogen-bond donors (Lipinski definition) is 0. The summed E-state index contributed by atoms with van der Waals surface area (Å²) in [5, 5.41) is 4.56. The normalized spacial score (nSPS) is 11.4. The molecule has 0 bridgehead atoms. The van der Waals surface area contributed by atoms with Crippen LogP contribution in [0.3, 0.4) is 0 Å². The Labute approximate surface area is 143 Å². The first-order chi connectivity index (χ1) is 11.0. The van der Waals surface area contributed by atoms with E-state index in [1.807, 2.05) is 30.3 Å². The summed E-state index contributed by atoms with van der Waals surface area (Å²) >= 11 is 11.6. The van der Waals surface area contributed by atoms with Gasteiger partial charge in [-0.15, -0.1) is 0 Å². The Morgan fingerprint density at radius 1 is 1.00 bits per heavy atom. The van der Waals surface area contributed by atoms with E-state index in [1.54, 1.807) is 0 Å². The van der Waals surface area contributed by atoms with Crippen LogP contribution in [0.25, 0.3) is 5.69 Å². The zero-order valence-electron chi connectivity index (χ0n) is 11.6. The third-order valence-corrected chi connectivity index (χ3v) is 4.90. The Kier molecular flexibility index (Phi) is 4.30. The monoisotopic (exact) mass is 368 g/mol. The molecule has 0 aliphatic rings. The van der Waals surface area contributed by atoms with Crippen molar-refractivity contribution in [2.45, 2.75) is 4.90 Å². The summed E-state index contributed by atoms with van der Waals surface area (Å²) in [5.41, 5.74) is 0.739. The minimum Gasteiger partial charge on any atom is -0.379 e. The highest BCUT2D eigenvalue weighted by Gasteiger charge is 2.20. The molecule has 1 aromatic heterocycles. The summed E-state index contributed by atoms with van der Waals surface area (Å²) in [6.45, 7) is 0. The van der Waals surface area contributed by atoms with Crippen LogP contribution in [0.2, 0.25) is 10.0 Å². The Morgan fingerprint density at radius 2 is 1.74 bits per heavy atom. The van der Waals surface area contributed by atoms with Crippen molar-refractivity contribution in [3.63, 3.8) is 0 Å². The van der Waals surface area contributed by atoms with E-state index < -0.39 is 10.1 Å². The third-order valence-electron chi connectivity index (χ3n) is 2.97. The molecular formula is C15H10Cl2N2O3S. The Hall–Kier alpha value is -2.02. The number of rotatable bonds is 4. The number of para-hydroxylation sites is 1. The van der Waals surface area contributed by atoms with Crippen molar-refractivity contribution in [2.75, 3.05) is 0 Å². The maximum Gasteiger partial charge on any atom is 0.342 e. The van der Waals surface area contributed by atoms with Crippen LogP contribution < -0.4 is 4.18 Å². The molecular weight excluding hydrogens is 359 g/mol. The zero-order chi connectivity index (χ0) is 16.4. The van der Waals surface area contributed by atoms with Gasteiger partial charge >= 0.3 is 10.1 Å². The number of aromatic nitrogens is 2. The molecule has 2 aromatic carbocycles. The molecule has 0 saturated carbocycles. The SMILES string of the molecule is O=S(=O)(Oc1ccc(Cl)c(Cl)c1)c1cnn(-c2ccccc2)c1. The van der Waals surface area contributed by atoms with E-state index in [1.165, 1.54) is 35.3 Å². The van der Waals surface area contributed by atoms with Gasteiger partial charge in [0.15, 0.2) is 0 Å². The van der Waals surface area contributed by atoms with Gasteiger partial charge in [-0.25, -0.2) is 4.68 Å². The molecule has 0 amide bonds. The fraction of sp³-hybridized carbons (Fsp3) is 0. The van der Waals surface area contributed by atoms with Gasteiger partial charge in [0.25, 0.3) is 0 Å². The number of halogens is 2. The van der Waals surface area contributed by atoms with Crippen LogP contribution >= 0.6 is 23.2 Å². The largest absolute Gasteiger partial charge is 0.379 e. The van der Waals surface area contributed by atoms with Crippen molar-refractivity contribution in [2.24, 2.45) is 0 Å². The summed E-state index contributed by atoms with van der Waals surface area (Å²) in [6.07, 6.45) is 2.60. The van der Waals surface area contributed by atoms with Gasteiger partial charge < -0.3 is 4.18 Å². The van der Waals surface area contributed by atoms with E-state index in [0.29, 0.717) is 5.02 Å². The first-order valence-electron chi connectivity index (χ1n) is 6.45. The zero-order valence-corrected chi connectivity index (χ0v) is 13.9. The van der Waals surface area contributed by atoms with Crippen molar-refractivity contribution in [3.8, 4) is 11.4 Å². The van der Waals surface area contributed by atoms with Crippen LogP contribution in [0, 0.1) is 0 Å². The highest BCUT2D eigenvalue weighted by molar-refractivity contribution is 7.87. The van der Waals surface area contributed by atoms with Crippen LogP contribution in [-0.4, -0.2) is 18.2 Å². The van der Waals surface area contributed by atoms with E-state index in [0.717, 1.165) is 5.69 Å². The Bertz CT molecular complexity index is 940. The lowest BCUT2D eigenvalue weighted by molar-refractivity contribution is 0.486. The second-order valence-electron chi connectivity index (χ2n) is 4.57. The van der Waals surface area contributed by atoms with Gasteiger partial charge in [-0.1, -0.05) is 41.4 Å². The van der Waals surface area contributed by atoms with E-state index in [4.69, 9.17) is 27.4 Å². The molecule has 0 aliphatic carbocycles. The smallest absolute Gasteiger partial charge is 0.342 e. The summed E-state index contributed by atoms with van der Waals surface area (Å²) in [5.74, 6) is 0.0758. The topological polar surface area (TPSA) is 61.2 Å². The molecule has 0 unspecified atom stereocenters. The average Bonchev–Trinajstić information content (AvgIpc) is 3.02. The van der Waals surface area contributed by atoms with E-state index >= 15 is 0 Å². The van der Waals surface area contributed by atoms with Gasteiger partial charge in [0, 0.05) is 6.07 Å². The van der Waals surface area contributed by atoms with Crippen LogP contribution in [0.5, 0.6) is 5.75 Å². The van der Waals surface area contributed by atoms with E-state index in [2.05, 4.69) is 5.10 Å². The Balaban J connectivity index is 1.88. The summed E-state index contributed by atoms with van der Waals surface area (Å²) in [6, 6.07) is 13.4. The van der Waals surface area contributed by atoms with Crippen molar-refractivity contribution < 1.29 is 12.6 Å². The van der Waals surface area contributed by atoms with Crippen LogP contribution in [-0.2, 0) is 10.1 Å². The van der Waals surface area contributed by atoms with Gasteiger partial charge in [0.05, 0.1) is 28.1 Å². The molecule has 0 atom stereocenters. The molecule has 23 heavy (non-hydrogen) atoms. The number of hydrogen-bond acceptors (Lipinski definition) is 4. The predicted molar refractivity (Wildman–Crippen MR) is 87.8 cm³/mol. The lowest BCUT2D eigenvalue weighted by atomic mass is 10.3. The predicted octanol–water partition coefficient (Wildman–Crippen LogP) is 3.95. The molecule has 0 radical (unpaired) electrons. The van der Waals surface area contributed by atoms with Gasteiger partial charge in [-0.3, -0.25) is 0 Å². The highest BCUT2D eigenvalue weighted by Crippen LogP contribution is 2.28. The maximum atomic E-state index is 12.3. The fourth-order valence-electron chi connectivity index (χ4n) is 1.86. The van der Waals surface area contributed by atoms with Gasteiger partial charge in [-0.05, 0) is 24.3 Å². The molecule has 8 heteroatoms. The van der Waals surface area contributed by atoms with Crippen LogP contribution in [0.1, 0.15) is 0 Å². The molecule has 0 spiro atoms. The molecule has 0 fully saturated rings. The molecule has 0 aliphatic heterocycles. The van der Waals surface area contributed by atoms with E-state index in [-0.39, 0.29) is 15.7 Å². The Morgan fingerprint density at radius 3 is 2.43 bits per heavy atom. The maximum absolute atomic E-state index is 12.3. The lowest BCUT2D eigenvalue weighted by Gasteiger charge is -2.06. The molecule has 3 aromatic rings. The summed E-state index contributed by atoms with van der Waals surface area (Å²) in [7, 11) is -4.02. The third kappa shape index (κ3) is 3.50. The molecule has 3 rings (SSSR count). The van der Waals surface area contributed by atoms with Gasteiger partial charge in [-0.2, -0.15) is 13.5 Å². The quantitative estimate of drug-likeness (QED) is 0.654. The molecule has 0 N–H and O–H groups in total. The van der Waals surface area contributed by atoms with E-state index in [9.17, 15) is 8.42 Å². The van der Waals surface area contributed by atoms with Crippen molar-refractivity contribution in [1.29, 1.82) is 0 Å². The second-order valence-corrected chi connectivity index (χ2v) is 6.93. The summed E-state index contributed by atoms with van der Waals surface area (Å²) < 4.78 is 31.1. The molecule has 118 valence electrons. The van der Waals surface area contributed by atoms with Crippen LogP contribution in [0.4, 0.5) is 0 Å². The fourth-order valence-corrected chi connectivity index (χ4v) is 3.01. The standard InChI is InChI=1S/C15H10Cl2N2O3S/c16-14-7-6-12(8-15(14)17)22-23(20,21)13-9-18-19(10-13)11-4-2-1-3-5-11/h1-10H. The second kappa shape index (κ2) is 6.23. The molecule has 5 nitrogen and oxygen atoms in total. The average molecular weight is 369 g/mol. The lowest BCUT2D eigenvalue weighted by Crippen LogP contribution is -2.09. The van der Waals surface area contributed by atoms with Crippen LogP contribution in [0.15, 0.2) is 65.8 Å². The number of benzene rings is 2. The minimum atomic E-state index is -4.02. The van der Waals surface area contributed by atoms with Gasteiger partial charge in [0.2, 0.25) is 0 Å². The molecule has 0 saturated heterocycles. The number of nitrogens with zero attached hydrogens (tertiary/aromatic N) is 2.